The van der Waals surface area contributed by atoms with Crippen molar-refractivity contribution < 1.29 is 17.9 Å². The molecular weight excluding hydrogens is 405 g/mol. The van der Waals surface area contributed by atoms with Gasteiger partial charge >= 0.3 is 0 Å². The number of benzene rings is 2. The summed E-state index contributed by atoms with van der Waals surface area (Å²) in [7, 11) is -3.32. The number of fused-ring (bicyclic) bond motifs is 1. The summed E-state index contributed by atoms with van der Waals surface area (Å²) in [6, 6.07) is 12.2. The number of para-hydroxylation sites is 1. The summed E-state index contributed by atoms with van der Waals surface area (Å²) in [5, 5.41) is 10.8. The van der Waals surface area contributed by atoms with Gasteiger partial charge < -0.3 is 10.0 Å². The number of nitrogens with zero attached hydrogens (tertiary/aromatic N) is 3. The van der Waals surface area contributed by atoms with Crippen molar-refractivity contribution in [2.45, 2.75) is 25.5 Å². The first-order valence-electron chi connectivity index (χ1n) is 10.3. The Morgan fingerprint density at radius 3 is 2.47 bits per heavy atom. The van der Waals surface area contributed by atoms with Crippen molar-refractivity contribution in [1.29, 1.82) is 0 Å². The molecule has 2 atom stereocenters. The molecule has 2 aliphatic rings. The molecule has 8 heteroatoms. The molecule has 0 spiro atoms. The Labute approximate surface area is 177 Å². The van der Waals surface area contributed by atoms with Crippen LogP contribution < -0.4 is 9.21 Å². The molecule has 0 saturated carbocycles. The lowest BCUT2D eigenvalue weighted by molar-refractivity contribution is 0.109. The van der Waals surface area contributed by atoms with E-state index in [9.17, 15) is 17.9 Å². The average Bonchev–Trinajstić information content (AvgIpc) is 3.04. The molecule has 2 aromatic rings. The lowest BCUT2D eigenvalue weighted by Gasteiger charge is -2.37. The summed E-state index contributed by atoms with van der Waals surface area (Å²) in [4.78, 5) is 4.22. The second kappa shape index (κ2) is 8.17. The molecular formula is C22H28FN3O3S. The van der Waals surface area contributed by atoms with E-state index in [1.165, 1.54) is 16.6 Å². The van der Waals surface area contributed by atoms with Crippen molar-refractivity contribution in [2.24, 2.45) is 0 Å². The molecule has 2 aliphatic heterocycles. The maximum atomic E-state index is 14.0. The summed E-state index contributed by atoms with van der Waals surface area (Å²) >= 11 is 0. The van der Waals surface area contributed by atoms with Crippen LogP contribution in [-0.4, -0.2) is 63.4 Å². The Hall–Kier alpha value is -2.16. The summed E-state index contributed by atoms with van der Waals surface area (Å²) < 4.78 is 39.6. The zero-order chi connectivity index (χ0) is 21.5. The van der Waals surface area contributed by atoms with Gasteiger partial charge in [0, 0.05) is 38.8 Å². The molecule has 1 fully saturated rings. The smallest absolute Gasteiger partial charge is 0.232 e. The molecule has 0 amide bonds. The first-order chi connectivity index (χ1) is 14.2. The predicted molar refractivity (Wildman–Crippen MR) is 117 cm³/mol. The van der Waals surface area contributed by atoms with E-state index in [0.717, 1.165) is 24.2 Å². The van der Waals surface area contributed by atoms with Crippen LogP contribution in [0.2, 0.25) is 0 Å². The average molecular weight is 434 g/mol. The van der Waals surface area contributed by atoms with Gasteiger partial charge in [0.2, 0.25) is 10.0 Å². The predicted octanol–water partition coefficient (Wildman–Crippen LogP) is 2.39. The molecule has 2 aromatic carbocycles. The van der Waals surface area contributed by atoms with Gasteiger partial charge in [0.1, 0.15) is 5.82 Å². The third-order valence-corrected chi connectivity index (χ3v) is 7.27. The van der Waals surface area contributed by atoms with Crippen LogP contribution in [0.3, 0.4) is 0 Å². The number of anilines is 2. The van der Waals surface area contributed by atoms with Crippen LogP contribution in [0.1, 0.15) is 24.2 Å². The van der Waals surface area contributed by atoms with Crippen LogP contribution in [0.4, 0.5) is 15.8 Å². The Kier molecular flexibility index (Phi) is 5.74. The third-order valence-electron chi connectivity index (χ3n) is 6.00. The lowest BCUT2D eigenvalue weighted by Crippen LogP contribution is -2.47. The minimum Gasteiger partial charge on any atom is -0.387 e. The lowest BCUT2D eigenvalue weighted by atomic mass is 10.0. The van der Waals surface area contributed by atoms with Crippen LogP contribution in [0.5, 0.6) is 0 Å². The molecule has 1 saturated heterocycles. The monoisotopic (exact) mass is 433 g/mol. The third kappa shape index (κ3) is 4.17. The molecule has 0 aromatic heterocycles. The molecule has 162 valence electrons. The summed E-state index contributed by atoms with van der Waals surface area (Å²) in [6.07, 6.45) is 1.21. The highest BCUT2D eigenvalue weighted by molar-refractivity contribution is 7.92. The standard InChI is InChI=1S/C22H28FN3O3S/c1-16-13-18-14-17(7-8-20(18)26(16)30(2,28)29)22(27)15-24-9-11-25(12-10-24)21-6-4-3-5-19(21)23/h3-8,14,16,22,27H,9-13,15H2,1-2H3/t16-,22-/m1/s1. The topological polar surface area (TPSA) is 64.1 Å². The van der Waals surface area contributed by atoms with Gasteiger partial charge in [0.25, 0.3) is 0 Å². The molecule has 30 heavy (non-hydrogen) atoms. The Morgan fingerprint density at radius 1 is 1.10 bits per heavy atom. The fourth-order valence-corrected chi connectivity index (χ4v) is 5.83. The summed E-state index contributed by atoms with van der Waals surface area (Å²) in [6.45, 7) is 5.29. The zero-order valence-corrected chi connectivity index (χ0v) is 18.1. The van der Waals surface area contributed by atoms with Gasteiger partial charge in [-0.15, -0.1) is 0 Å². The molecule has 1 N–H and O–H groups in total. The van der Waals surface area contributed by atoms with Crippen LogP contribution in [-0.2, 0) is 16.4 Å². The summed E-state index contributed by atoms with van der Waals surface area (Å²) in [5.41, 5.74) is 3.09. The Balaban J connectivity index is 1.39. The normalized spacial score (nSPS) is 21.0. The molecule has 0 radical (unpaired) electrons. The first-order valence-corrected chi connectivity index (χ1v) is 12.1. The molecule has 6 nitrogen and oxygen atoms in total. The molecule has 0 bridgehead atoms. The second-order valence-electron chi connectivity index (χ2n) is 8.25. The first kappa shape index (κ1) is 21.1. The van der Waals surface area contributed by atoms with Crippen molar-refractivity contribution in [3.05, 3.63) is 59.4 Å². The van der Waals surface area contributed by atoms with Crippen molar-refractivity contribution in [3.63, 3.8) is 0 Å². The number of piperazine rings is 1. The highest BCUT2D eigenvalue weighted by atomic mass is 32.2. The number of hydrogen-bond donors (Lipinski definition) is 1. The second-order valence-corrected chi connectivity index (χ2v) is 10.1. The van der Waals surface area contributed by atoms with E-state index in [0.29, 0.717) is 37.4 Å². The van der Waals surface area contributed by atoms with E-state index < -0.39 is 16.1 Å². The maximum Gasteiger partial charge on any atom is 0.232 e. The van der Waals surface area contributed by atoms with Crippen LogP contribution in [0.15, 0.2) is 42.5 Å². The SMILES string of the molecule is C[C@@H]1Cc2cc([C@H](O)CN3CCN(c4ccccc4F)CC3)ccc2N1S(C)(=O)=O. The van der Waals surface area contributed by atoms with Gasteiger partial charge in [-0.2, -0.15) is 0 Å². The zero-order valence-electron chi connectivity index (χ0n) is 17.3. The van der Waals surface area contributed by atoms with Gasteiger partial charge in [0.05, 0.1) is 23.7 Å². The quantitative estimate of drug-likeness (QED) is 0.785. The van der Waals surface area contributed by atoms with Crippen LogP contribution in [0.25, 0.3) is 0 Å². The number of aliphatic hydroxyl groups excluding tert-OH is 1. The largest absolute Gasteiger partial charge is 0.387 e. The van der Waals surface area contributed by atoms with Crippen LogP contribution in [0, 0.1) is 5.82 Å². The van der Waals surface area contributed by atoms with E-state index in [2.05, 4.69) is 4.90 Å². The van der Waals surface area contributed by atoms with Crippen LogP contribution >= 0.6 is 0 Å². The number of β-amino-alcohol motifs (C(OH)–C–C–N with tert-alkyl or cyclic N) is 1. The maximum absolute atomic E-state index is 14.0. The van der Waals surface area contributed by atoms with Gasteiger partial charge in [-0.05, 0) is 42.7 Å². The van der Waals surface area contributed by atoms with Crippen molar-refractivity contribution in [1.82, 2.24) is 4.90 Å². The Bertz CT molecular complexity index is 1020. The van der Waals surface area contributed by atoms with Gasteiger partial charge in [-0.1, -0.05) is 24.3 Å². The van der Waals surface area contributed by atoms with E-state index in [4.69, 9.17) is 0 Å². The highest BCUT2D eigenvalue weighted by Crippen LogP contribution is 2.36. The Morgan fingerprint density at radius 2 is 1.80 bits per heavy atom. The number of halogens is 1. The molecule has 2 heterocycles. The molecule has 0 unspecified atom stereocenters. The molecule has 0 aliphatic carbocycles. The molecule has 4 rings (SSSR count). The van der Waals surface area contributed by atoms with E-state index in [-0.39, 0.29) is 11.9 Å². The number of hydrogen-bond acceptors (Lipinski definition) is 5. The van der Waals surface area contributed by atoms with E-state index in [1.54, 1.807) is 18.2 Å². The minimum atomic E-state index is -3.32. The van der Waals surface area contributed by atoms with Gasteiger partial charge in [-0.25, -0.2) is 12.8 Å². The van der Waals surface area contributed by atoms with E-state index >= 15 is 0 Å². The fraction of sp³-hybridized carbons (Fsp3) is 0.455. The van der Waals surface area contributed by atoms with Crippen molar-refractivity contribution in [3.8, 4) is 0 Å². The number of rotatable bonds is 5. The highest BCUT2D eigenvalue weighted by Gasteiger charge is 2.33. The van der Waals surface area contributed by atoms with Crippen molar-refractivity contribution >= 4 is 21.4 Å². The van der Waals surface area contributed by atoms with E-state index in [1.807, 2.05) is 30.0 Å². The van der Waals surface area contributed by atoms with Gasteiger partial charge in [-0.3, -0.25) is 9.21 Å². The summed E-state index contributed by atoms with van der Waals surface area (Å²) in [5.74, 6) is -0.207. The fourth-order valence-electron chi connectivity index (χ4n) is 4.56. The minimum absolute atomic E-state index is 0.117. The number of sulfonamides is 1. The number of aliphatic hydroxyl groups is 1. The van der Waals surface area contributed by atoms with Gasteiger partial charge in [0.15, 0.2) is 0 Å². The van der Waals surface area contributed by atoms with Crippen molar-refractivity contribution in [2.75, 3.05) is 48.2 Å².